The van der Waals surface area contributed by atoms with Gasteiger partial charge in [-0.3, -0.25) is 14.4 Å². The second-order valence-corrected chi connectivity index (χ2v) is 10.4. The predicted octanol–water partition coefficient (Wildman–Crippen LogP) is 3.53. The Morgan fingerprint density at radius 1 is 1.10 bits per heavy atom. The van der Waals surface area contributed by atoms with Crippen molar-refractivity contribution in [2.24, 2.45) is 5.92 Å². The monoisotopic (exact) mass is 535 g/mol. The van der Waals surface area contributed by atoms with Gasteiger partial charge < -0.3 is 24.6 Å². The van der Waals surface area contributed by atoms with Gasteiger partial charge in [0.15, 0.2) is 17.7 Å². The molecule has 0 bridgehead atoms. The summed E-state index contributed by atoms with van der Waals surface area (Å²) >= 11 is 0. The molecule has 1 aliphatic carbocycles. The minimum absolute atomic E-state index is 0.0324. The van der Waals surface area contributed by atoms with Crippen LogP contribution in [0.5, 0.6) is 5.75 Å². The Balaban J connectivity index is 1.23. The number of nitrogens with zero attached hydrogens (tertiary/aromatic N) is 2. The summed E-state index contributed by atoms with van der Waals surface area (Å²) in [6, 6.07) is 13.1. The Labute approximate surface area is 222 Å². The molecular weight excluding hydrogens is 508 g/mol. The number of aromatic nitrogens is 1. The van der Waals surface area contributed by atoms with Crippen LogP contribution >= 0.6 is 0 Å². The molecule has 4 atom stereocenters. The molecule has 3 aliphatic rings. The molecule has 39 heavy (non-hydrogen) atoms. The maximum Gasteiger partial charge on any atom is 0.276 e. The lowest BCUT2D eigenvalue weighted by atomic mass is 9.74. The average molecular weight is 536 g/mol. The van der Waals surface area contributed by atoms with Crippen molar-refractivity contribution >= 4 is 11.8 Å². The molecule has 1 saturated carbocycles. The van der Waals surface area contributed by atoms with Gasteiger partial charge in [-0.05, 0) is 36.8 Å². The van der Waals surface area contributed by atoms with Crippen molar-refractivity contribution in [2.75, 3.05) is 6.61 Å². The van der Waals surface area contributed by atoms with Gasteiger partial charge >= 0.3 is 0 Å². The second kappa shape index (κ2) is 9.92. The molecule has 0 radical (unpaired) electrons. The first-order valence-corrected chi connectivity index (χ1v) is 13.0. The van der Waals surface area contributed by atoms with E-state index in [1.807, 2.05) is 18.2 Å². The fraction of sp³-hybridized carbons (Fsp3) is 0.345. The highest BCUT2D eigenvalue weighted by atomic mass is 19.1. The quantitative estimate of drug-likeness (QED) is 0.533. The standard InChI is InChI=1S/C29H27F2N3O5/c30-20-8-6-18(22(31)11-20)12-32-28(37)21-13-33-14-24-34(29(38)25(33)27(36)26(21)35)23-9-7-17(10-19(23)15-39-24)16-4-2-1-3-5-16/h1-6,8,11,13,17,19,23-24,36H,7,9-10,12,14-15H2,(H,32,37)/t17?,19-,23-,24+/m0/s1. The molecule has 3 aromatic rings. The zero-order valence-corrected chi connectivity index (χ0v) is 21.0. The number of carbonyl (C=O) groups excluding carboxylic acids is 2. The van der Waals surface area contributed by atoms with E-state index >= 15 is 0 Å². The van der Waals surface area contributed by atoms with E-state index < -0.39 is 46.4 Å². The van der Waals surface area contributed by atoms with Crippen LogP contribution in [0.4, 0.5) is 8.78 Å². The van der Waals surface area contributed by atoms with Gasteiger partial charge in [0.2, 0.25) is 5.43 Å². The summed E-state index contributed by atoms with van der Waals surface area (Å²) < 4.78 is 34.6. The Morgan fingerprint density at radius 2 is 1.90 bits per heavy atom. The van der Waals surface area contributed by atoms with Gasteiger partial charge in [0.05, 0.1) is 13.2 Å². The summed E-state index contributed by atoms with van der Waals surface area (Å²) in [7, 11) is 0. The van der Waals surface area contributed by atoms with Crippen LogP contribution in [-0.4, -0.2) is 45.3 Å². The molecular formula is C29H27F2N3O5. The van der Waals surface area contributed by atoms with Crippen LogP contribution in [0.25, 0.3) is 0 Å². The molecule has 1 aromatic heterocycles. The molecule has 2 aliphatic heterocycles. The van der Waals surface area contributed by atoms with E-state index in [0.717, 1.165) is 25.3 Å². The van der Waals surface area contributed by atoms with E-state index in [1.165, 1.54) is 22.4 Å². The van der Waals surface area contributed by atoms with E-state index in [1.54, 1.807) is 4.90 Å². The summed E-state index contributed by atoms with van der Waals surface area (Å²) in [5, 5.41) is 13.2. The predicted molar refractivity (Wildman–Crippen MR) is 136 cm³/mol. The number of halogens is 2. The number of ether oxygens (including phenoxy) is 1. The third-order valence-electron chi connectivity index (χ3n) is 8.13. The second-order valence-electron chi connectivity index (χ2n) is 10.4. The lowest BCUT2D eigenvalue weighted by Crippen LogP contribution is -2.62. The van der Waals surface area contributed by atoms with Crippen LogP contribution in [0.2, 0.25) is 0 Å². The smallest absolute Gasteiger partial charge is 0.276 e. The number of nitrogens with one attached hydrogen (secondary N) is 1. The first-order valence-electron chi connectivity index (χ1n) is 13.0. The van der Waals surface area contributed by atoms with Crippen molar-refractivity contribution in [3.63, 3.8) is 0 Å². The third kappa shape index (κ3) is 4.48. The first-order chi connectivity index (χ1) is 18.8. The highest BCUT2D eigenvalue weighted by molar-refractivity contribution is 5.99. The molecule has 10 heteroatoms. The minimum Gasteiger partial charge on any atom is -0.503 e. The number of benzene rings is 2. The zero-order valence-electron chi connectivity index (χ0n) is 21.0. The maximum atomic E-state index is 13.9. The number of aromatic hydroxyl groups is 1. The number of carbonyl (C=O) groups is 2. The molecule has 0 spiro atoms. The van der Waals surface area contributed by atoms with Gasteiger partial charge in [-0.2, -0.15) is 0 Å². The summed E-state index contributed by atoms with van der Waals surface area (Å²) in [6.45, 7) is 0.339. The molecule has 2 fully saturated rings. The number of pyridine rings is 1. The number of amides is 2. The van der Waals surface area contributed by atoms with E-state index in [0.29, 0.717) is 18.6 Å². The molecule has 1 saturated heterocycles. The first kappa shape index (κ1) is 25.2. The van der Waals surface area contributed by atoms with Crippen molar-refractivity contribution in [2.45, 2.75) is 50.5 Å². The molecule has 6 rings (SSSR count). The van der Waals surface area contributed by atoms with E-state index in [9.17, 15) is 28.3 Å². The molecule has 1 unspecified atom stereocenters. The topological polar surface area (TPSA) is 101 Å². The Bertz CT molecular complexity index is 1510. The molecule has 3 heterocycles. The largest absolute Gasteiger partial charge is 0.503 e. The van der Waals surface area contributed by atoms with Crippen LogP contribution in [0.3, 0.4) is 0 Å². The third-order valence-corrected chi connectivity index (χ3v) is 8.13. The highest BCUT2D eigenvalue weighted by Crippen LogP contribution is 2.43. The lowest BCUT2D eigenvalue weighted by molar-refractivity contribution is -0.151. The van der Waals surface area contributed by atoms with Crippen molar-refractivity contribution in [3.05, 3.63) is 99.0 Å². The van der Waals surface area contributed by atoms with Crippen LogP contribution < -0.4 is 10.7 Å². The van der Waals surface area contributed by atoms with Gasteiger partial charge in [-0.25, -0.2) is 8.78 Å². The van der Waals surface area contributed by atoms with Crippen molar-refractivity contribution < 1.29 is 28.2 Å². The van der Waals surface area contributed by atoms with Crippen LogP contribution in [0, 0.1) is 17.6 Å². The molecule has 202 valence electrons. The summed E-state index contributed by atoms with van der Waals surface area (Å²) in [6.07, 6.45) is 3.20. The fourth-order valence-electron chi connectivity index (χ4n) is 6.18. The average Bonchev–Trinajstić information content (AvgIpc) is 2.94. The van der Waals surface area contributed by atoms with Crippen molar-refractivity contribution in [1.82, 2.24) is 14.8 Å². The van der Waals surface area contributed by atoms with Crippen molar-refractivity contribution in [1.29, 1.82) is 0 Å². The highest BCUT2D eigenvalue weighted by Gasteiger charge is 2.48. The van der Waals surface area contributed by atoms with E-state index in [2.05, 4.69) is 17.4 Å². The van der Waals surface area contributed by atoms with Crippen LogP contribution in [0.15, 0.2) is 59.5 Å². The Morgan fingerprint density at radius 3 is 2.67 bits per heavy atom. The van der Waals surface area contributed by atoms with Crippen molar-refractivity contribution in [3.8, 4) is 5.75 Å². The minimum atomic E-state index is -0.993. The summed E-state index contributed by atoms with van der Waals surface area (Å²) in [4.78, 5) is 41.0. The number of hydrogen-bond acceptors (Lipinski definition) is 5. The fourth-order valence-corrected chi connectivity index (χ4v) is 6.18. The normalized spacial score (nSPS) is 23.9. The van der Waals surface area contributed by atoms with Gasteiger partial charge in [0, 0.05) is 36.3 Å². The Kier molecular flexibility index (Phi) is 6.42. The molecule has 2 amide bonds. The summed E-state index contributed by atoms with van der Waals surface area (Å²) in [5.41, 5.74) is -0.258. The zero-order chi connectivity index (χ0) is 27.3. The van der Waals surface area contributed by atoms with Gasteiger partial charge in [0.1, 0.15) is 17.2 Å². The van der Waals surface area contributed by atoms with Crippen LogP contribution in [-0.2, 0) is 17.8 Å². The Hall–Kier alpha value is -4.05. The maximum absolute atomic E-state index is 13.9. The summed E-state index contributed by atoms with van der Waals surface area (Å²) in [5.74, 6) is -3.25. The molecule has 2 aromatic carbocycles. The van der Waals surface area contributed by atoms with Gasteiger partial charge in [-0.15, -0.1) is 0 Å². The van der Waals surface area contributed by atoms with Gasteiger partial charge in [0.25, 0.3) is 11.8 Å². The SMILES string of the molecule is O=C(NCc1ccc(F)cc1F)c1cn2c(c(O)c1=O)C(=O)N1[C@@H](C2)OC[C@@H]2CC(c3ccccc3)CC[C@@H]21. The molecule has 2 N–H and O–H groups in total. The van der Waals surface area contributed by atoms with Gasteiger partial charge in [-0.1, -0.05) is 36.4 Å². The number of rotatable bonds is 4. The number of fused-ring (bicyclic) bond motifs is 4. The van der Waals surface area contributed by atoms with Crippen LogP contribution in [0.1, 0.15) is 57.2 Å². The van der Waals surface area contributed by atoms with E-state index in [4.69, 9.17) is 4.74 Å². The lowest BCUT2D eigenvalue weighted by Gasteiger charge is -2.51. The number of hydrogen-bond donors (Lipinski definition) is 2. The molecule has 8 nitrogen and oxygen atoms in total. The van der Waals surface area contributed by atoms with E-state index in [-0.39, 0.29) is 36.3 Å².